The van der Waals surface area contributed by atoms with Crippen LogP contribution in [-0.2, 0) is 0 Å². The summed E-state index contributed by atoms with van der Waals surface area (Å²) in [4.78, 5) is 0. The van der Waals surface area contributed by atoms with E-state index in [0.29, 0.717) is 5.92 Å². The van der Waals surface area contributed by atoms with Crippen molar-refractivity contribution < 1.29 is 37.7 Å². The van der Waals surface area contributed by atoms with Crippen LogP contribution in [0, 0.1) is 0 Å². The number of benzene rings is 2. The van der Waals surface area contributed by atoms with E-state index in [1.807, 2.05) is 0 Å². The molecule has 26 heavy (non-hydrogen) atoms. The maximum atomic E-state index is 2.50. The molecule has 0 spiro atoms. The molecule has 0 heterocycles. The molecular weight excluding hydrogens is 318 g/mol. The van der Waals surface area contributed by atoms with Crippen molar-refractivity contribution in [2.24, 2.45) is 0 Å². The van der Waals surface area contributed by atoms with Gasteiger partial charge in [0.2, 0.25) is 0 Å². The van der Waals surface area contributed by atoms with Gasteiger partial charge in [0.15, 0.2) is 0 Å². The van der Waals surface area contributed by atoms with Gasteiger partial charge >= 0.3 is 37.7 Å². The van der Waals surface area contributed by atoms with Crippen LogP contribution < -0.4 is 48.1 Å². The third-order valence-corrected chi connectivity index (χ3v) is 9.02. The van der Waals surface area contributed by atoms with Gasteiger partial charge in [0.25, 0.3) is 0 Å². The normalized spacial score (nSPS) is 11.6. The van der Waals surface area contributed by atoms with Crippen molar-refractivity contribution in [3.8, 4) is 0 Å². The summed E-state index contributed by atoms with van der Waals surface area (Å²) in [6.07, 6.45) is 0. The molecule has 0 aliphatic rings. The monoisotopic (exact) mass is 342 g/mol. The van der Waals surface area contributed by atoms with Gasteiger partial charge in [-0.1, -0.05) is 37.7 Å². The third kappa shape index (κ3) is 3.33. The van der Waals surface area contributed by atoms with E-state index < -0.39 is 8.07 Å². The number of hydrogen-bond acceptors (Lipinski definition) is 0. The molecule has 0 aliphatic heterocycles. The van der Waals surface area contributed by atoms with Gasteiger partial charge in [0.1, 0.15) is 0 Å². The van der Waals surface area contributed by atoms with Gasteiger partial charge in [-0.05, 0) is 5.92 Å². The zero-order chi connectivity index (χ0) is 16.9. The summed E-state index contributed by atoms with van der Waals surface area (Å²) >= 11 is 0. The van der Waals surface area contributed by atoms with Gasteiger partial charge in [-0.2, -0.15) is 6.07 Å². The Morgan fingerprint density at radius 1 is 0.769 bits per heavy atom. The molecule has 0 radical (unpaired) electrons. The Balaban J connectivity index is 0.00000121. The summed E-state index contributed by atoms with van der Waals surface area (Å²) < 4.78 is 0. The van der Waals surface area contributed by atoms with Crippen LogP contribution in [0.15, 0.2) is 66.7 Å². The summed E-state index contributed by atoms with van der Waals surface area (Å²) in [5.41, 5.74) is 1.50. The first-order chi connectivity index (χ1) is 11.5. The zero-order valence-corrected chi connectivity index (χ0v) is 17.9. The van der Waals surface area contributed by atoms with E-state index >= 15 is 0 Å². The predicted octanol–water partition coefficient (Wildman–Crippen LogP) is -0.615. The van der Waals surface area contributed by atoms with Crippen molar-refractivity contribution in [1.29, 1.82) is 0 Å². The first kappa shape index (κ1) is 21.4. The van der Waals surface area contributed by atoms with Gasteiger partial charge in [0, 0.05) is 8.07 Å². The number of rotatable bonds is 3. The second kappa shape index (κ2) is 7.98. The quantitative estimate of drug-likeness (QED) is 0.344. The fraction of sp³-hybridized carbons (Fsp3) is 0.217. The van der Waals surface area contributed by atoms with E-state index in [4.69, 9.17) is 0 Å². The molecule has 0 atom stereocenters. The van der Waals surface area contributed by atoms with Crippen molar-refractivity contribution >= 4 is 40.0 Å². The second-order valence-corrected chi connectivity index (χ2v) is 12.0. The topological polar surface area (TPSA) is 0 Å². The molecule has 3 heteroatoms. The first-order valence-electron chi connectivity index (χ1n) is 8.84. The molecule has 0 nitrogen and oxygen atoms in total. The Kier molecular flexibility index (Phi) is 6.56. The largest absolute Gasteiger partial charge is 1.00 e. The molecule has 0 fully saturated rings. The van der Waals surface area contributed by atoms with Gasteiger partial charge in [-0.15, -0.1) is 87.4 Å². The fourth-order valence-electron chi connectivity index (χ4n) is 4.12. The maximum absolute atomic E-state index is 2.50. The molecule has 4 aromatic rings. The molecule has 122 valence electrons. The van der Waals surface area contributed by atoms with Crippen molar-refractivity contribution in [2.45, 2.75) is 32.9 Å². The molecular formula is C23H24Li2Si. The molecule has 4 rings (SSSR count). The summed E-state index contributed by atoms with van der Waals surface area (Å²) in [5.74, 6) is 0.560. The molecule has 0 saturated carbocycles. The van der Waals surface area contributed by atoms with Crippen LogP contribution in [0.1, 0.15) is 25.3 Å². The number of fused-ring (bicyclic) bond motifs is 2. The Labute approximate surface area is 182 Å². The summed E-state index contributed by atoms with van der Waals surface area (Å²) in [5, 5.41) is 8.85. The van der Waals surface area contributed by atoms with Crippen LogP contribution in [0.4, 0.5) is 0 Å². The van der Waals surface area contributed by atoms with Crippen LogP contribution >= 0.6 is 0 Å². The van der Waals surface area contributed by atoms with Crippen molar-refractivity contribution in [1.82, 2.24) is 0 Å². The molecule has 0 bridgehead atoms. The standard InChI is InChI=1S/C23H24Si.2Li/c1-16(2)21-15-23(20-12-8-7-11-19(20)21)24(3,4)22-14-13-17-9-5-6-10-18(17)22;;/h5-16H,1-4H3;;/q-2;2*+1. The first-order valence-corrected chi connectivity index (χ1v) is 11.8. The van der Waals surface area contributed by atoms with E-state index in [1.54, 1.807) is 10.4 Å². The van der Waals surface area contributed by atoms with E-state index in [2.05, 4.69) is 93.7 Å². The minimum absolute atomic E-state index is 0. The average Bonchev–Trinajstić information content (AvgIpc) is 3.17. The maximum Gasteiger partial charge on any atom is 1.00 e. The molecule has 0 N–H and O–H groups in total. The summed E-state index contributed by atoms with van der Waals surface area (Å²) in [6, 6.07) is 24.9. The van der Waals surface area contributed by atoms with Gasteiger partial charge in [-0.25, -0.2) is 0 Å². The molecule has 0 aromatic heterocycles. The summed E-state index contributed by atoms with van der Waals surface area (Å²) in [6.45, 7) is 9.61. The van der Waals surface area contributed by atoms with Crippen molar-refractivity contribution in [3.63, 3.8) is 0 Å². The third-order valence-electron chi connectivity index (χ3n) is 5.48. The molecule has 0 saturated heterocycles. The van der Waals surface area contributed by atoms with E-state index in [-0.39, 0.29) is 37.7 Å². The predicted molar refractivity (Wildman–Crippen MR) is 110 cm³/mol. The van der Waals surface area contributed by atoms with E-state index in [9.17, 15) is 0 Å². The fourth-order valence-corrected chi connectivity index (χ4v) is 7.21. The van der Waals surface area contributed by atoms with Crippen LogP contribution in [0.25, 0.3) is 21.5 Å². The van der Waals surface area contributed by atoms with Crippen molar-refractivity contribution in [3.05, 3.63) is 72.3 Å². The second-order valence-electron chi connectivity index (χ2n) is 7.67. The molecule has 0 unspecified atom stereocenters. The smallest absolute Gasteiger partial charge is 0.151 e. The van der Waals surface area contributed by atoms with Crippen LogP contribution in [0.2, 0.25) is 13.1 Å². The van der Waals surface area contributed by atoms with Gasteiger partial charge < -0.3 is 0 Å². The Morgan fingerprint density at radius 2 is 1.42 bits per heavy atom. The molecule has 0 amide bonds. The Hall–Kier alpha value is -0.928. The minimum Gasteiger partial charge on any atom is -0.151 e. The summed E-state index contributed by atoms with van der Waals surface area (Å²) in [7, 11) is -1.76. The SMILES string of the molecule is CC(C)c1cc([Si](C)(C)c2cc[c-]3ccccc23)c2cccc[c-]12.[Li+].[Li+]. The average molecular weight is 342 g/mol. The zero-order valence-electron chi connectivity index (χ0n) is 16.9. The van der Waals surface area contributed by atoms with Crippen molar-refractivity contribution in [2.75, 3.05) is 0 Å². The van der Waals surface area contributed by atoms with Crippen LogP contribution in [-0.4, -0.2) is 8.07 Å². The Morgan fingerprint density at radius 3 is 2.12 bits per heavy atom. The van der Waals surface area contributed by atoms with Crippen LogP contribution in [0.3, 0.4) is 0 Å². The van der Waals surface area contributed by atoms with Gasteiger partial charge in [0.05, 0.1) is 0 Å². The van der Waals surface area contributed by atoms with E-state index in [0.717, 1.165) is 0 Å². The van der Waals surface area contributed by atoms with E-state index in [1.165, 1.54) is 27.1 Å². The Bertz CT molecular complexity index is 1020. The number of hydrogen-bond donors (Lipinski definition) is 0. The van der Waals surface area contributed by atoms with Crippen LogP contribution in [0.5, 0.6) is 0 Å². The van der Waals surface area contributed by atoms with Gasteiger partial charge in [-0.3, -0.25) is 0 Å². The minimum atomic E-state index is -1.76. The molecule has 0 aliphatic carbocycles. The molecule has 4 aromatic carbocycles.